The summed E-state index contributed by atoms with van der Waals surface area (Å²) < 4.78 is 0. The molecule has 0 saturated heterocycles. The summed E-state index contributed by atoms with van der Waals surface area (Å²) in [5, 5.41) is 4.51. The van der Waals surface area contributed by atoms with E-state index >= 15 is 0 Å². The Bertz CT molecular complexity index is 673. The van der Waals surface area contributed by atoms with E-state index in [4.69, 9.17) is 11.6 Å². The van der Waals surface area contributed by atoms with Crippen LogP contribution in [0.25, 0.3) is 0 Å². The Morgan fingerprint density at radius 1 is 1.11 bits per heavy atom. The van der Waals surface area contributed by atoms with E-state index in [1.807, 2.05) is 12.4 Å². The fourth-order valence-corrected chi connectivity index (χ4v) is 4.72. The van der Waals surface area contributed by atoms with Crippen LogP contribution in [0.3, 0.4) is 0 Å². The minimum absolute atomic E-state index is 0. The lowest BCUT2D eigenvalue weighted by Crippen LogP contribution is -2.41. The minimum atomic E-state index is 0. The average molecular weight is 469 g/mol. The minimum Gasteiger partial charge on any atom is -0.366 e. The first kappa shape index (κ1) is 23.3. The molecule has 0 bridgehead atoms. The van der Waals surface area contributed by atoms with Crippen LogP contribution in [0.1, 0.15) is 65.4 Å². The second-order valence-corrected chi connectivity index (χ2v) is 9.49. The monoisotopic (exact) mass is 467 g/mol. The number of hydrogen-bond donors (Lipinski definition) is 1. The van der Waals surface area contributed by atoms with Gasteiger partial charge in [-0.1, -0.05) is 69.6 Å². The van der Waals surface area contributed by atoms with Crippen LogP contribution in [0.4, 0.5) is 0 Å². The van der Waals surface area contributed by atoms with Gasteiger partial charge in [-0.05, 0) is 49.0 Å². The van der Waals surface area contributed by atoms with Crippen LogP contribution in [0.5, 0.6) is 0 Å². The first-order valence-electron chi connectivity index (χ1n) is 10.4. The largest absolute Gasteiger partial charge is 0.366 e. The van der Waals surface area contributed by atoms with Crippen molar-refractivity contribution in [1.82, 2.24) is 10.2 Å². The molecule has 2 aliphatic rings. The van der Waals surface area contributed by atoms with E-state index < -0.39 is 0 Å². The second-order valence-electron chi connectivity index (χ2n) is 9.08. The molecule has 1 aliphatic carbocycles. The van der Waals surface area contributed by atoms with Gasteiger partial charge in [0.1, 0.15) is 5.82 Å². The summed E-state index contributed by atoms with van der Waals surface area (Å²) in [6.45, 7) is 10.1. The normalized spacial score (nSPS) is 25.5. The molecular formula is C23H35BrClN3. The molecule has 5 heteroatoms. The summed E-state index contributed by atoms with van der Waals surface area (Å²) in [6, 6.07) is 11.2. The van der Waals surface area contributed by atoms with Crippen LogP contribution >= 0.6 is 28.6 Å². The molecule has 3 nitrogen and oxygen atoms in total. The summed E-state index contributed by atoms with van der Waals surface area (Å²) in [6.07, 6.45) is 7.92. The van der Waals surface area contributed by atoms with Gasteiger partial charge in [-0.3, -0.25) is 0 Å². The van der Waals surface area contributed by atoms with Crippen LogP contribution < -0.4 is 5.32 Å². The lowest BCUT2D eigenvalue weighted by Gasteiger charge is -2.38. The van der Waals surface area contributed by atoms with Gasteiger partial charge in [0.05, 0.1) is 17.4 Å². The van der Waals surface area contributed by atoms with E-state index in [-0.39, 0.29) is 23.0 Å². The summed E-state index contributed by atoms with van der Waals surface area (Å²) in [5.74, 6) is 1.70. The highest BCUT2D eigenvalue weighted by Gasteiger charge is 2.31. The highest BCUT2D eigenvalue weighted by molar-refractivity contribution is 8.93. The first-order valence-corrected chi connectivity index (χ1v) is 10.8. The Hall–Kier alpha value is -1.00. The third kappa shape index (κ3) is 5.76. The quantitative estimate of drug-likeness (QED) is 0.535. The standard InChI is InChI=1S/C23H34ClN3.BrH/c1-5-20-21(24)22(25-16-27(20)15-17-9-7-6-8-10-17)26-19-13-11-18(12-14-19)23(2,3)4;/h6-10,16,18-20,26H,5,11-15H2,1-4H3;1H/t18-,19+,20?;. The molecule has 0 aromatic heterocycles. The Labute approximate surface area is 186 Å². The summed E-state index contributed by atoms with van der Waals surface area (Å²) in [7, 11) is 0. The SMILES string of the molecule is Br.CCC1C(Cl)=C(N[C@H]2CC[C@@H](C(C)(C)C)CC2)N=CN1Cc1ccccc1. The van der Waals surface area contributed by atoms with E-state index in [9.17, 15) is 0 Å². The van der Waals surface area contributed by atoms with Crippen LogP contribution in [-0.4, -0.2) is 23.3 Å². The van der Waals surface area contributed by atoms with Gasteiger partial charge in [-0.25, -0.2) is 4.99 Å². The topological polar surface area (TPSA) is 27.6 Å². The second kappa shape index (κ2) is 10.2. The number of rotatable bonds is 5. The molecule has 0 amide bonds. The molecule has 0 spiro atoms. The van der Waals surface area contributed by atoms with E-state index in [1.165, 1.54) is 31.2 Å². The van der Waals surface area contributed by atoms with Crippen molar-refractivity contribution in [3.8, 4) is 0 Å². The van der Waals surface area contributed by atoms with Crippen molar-refractivity contribution in [1.29, 1.82) is 0 Å². The number of nitrogens with zero attached hydrogens (tertiary/aromatic N) is 2. The Morgan fingerprint density at radius 3 is 2.32 bits per heavy atom. The third-order valence-electron chi connectivity index (χ3n) is 6.14. The molecule has 1 aromatic rings. The highest BCUT2D eigenvalue weighted by atomic mass is 79.9. The smallest absolute Gasteiger partial charge is 0.144 e. The van der Waals surface area contributed by atoms with Gasteiger partial charge in [0.15, 0.2) is 0 Å². The molecule has 0 radical (unpaired) electrons. The molecule has 1 N–H and O–H groups in total. The van der Waals surface area contributed by atoms with Gasteiger partial charge >= 0.3 is 0 Å². The molecule has 156 valence electrons. The van der Waals surface area contributed by atoms with Crippen molar-refractivity contribution < 1.29 is 0 Å². The Kier molecular flexibility index (Phi) is 8.44. The molecule has 1 aromatic carbocycles. The first-order chi connectivity index (χ1) is 12.9. The fourth-order valence-electron chi connectivity index (χ4n) is 4.34. The van der Waals surface area contributed by atoms with Gasteiger partial charge in [0, 0.05) is 12.6 Å². The molecule has 3 rings (SSSR count). The van der Waals surface area contributed by atoms with Crippen LogP contribution in [-0.2, 0) is 6.54 Å². The lowest BCUT2D eigenvalue weighted by atomic mass is 9.71. The van der Waals surface area contributed by atoms with Crippen LogP contribution in [0.2, 0.25) is 0 Å². The number of hydrogen-bond acceptors (Lipinski definition) is 3. The van der Waals surface area contributed by atoms with Crippen LogP contribution in [0.15, 0.2) is 46.2 Å². The molecule has 1 saturated carbocycles. The lowest BCUT2D eigenvalue weighted by molar-refractivity contribution is 0.163. The summed E-state index contributed by atoms with van der Waals surface area (Å²) in [4.78, 5) is 6.93. The van der Waals surface area contributed by atoms with E-state index in [0.717, 1.165) is 29.7 Å². The van der Waals surface area contributed by atoms with E-state index in [2.05, 4.69) is 67.2 Å². The molecule has 1 fully saturated rings. The molecule has 28 heavy (non-hydrogen) atoms. The Balaban J connectivity index is 0.00000280. The van der Waals surface area contributed by atoms with Gasteiger partial charge in [-0.15, -0.1) is 17.0 Å². The van der Waals surface area contributed by atoms with Gasteiger partial charge in [0.2, 0.25) is 0 Å². The fraction of sp³-hybridized carbons (Fsp3) is 0.609. The van der Waals surface area contributed by atoms with Crippen molar-refractivity contribution in [2.24, 2.45) is 16.3 Å². The van der Waals surface area contributed by atoms with Crippen LogP contribution in [0, 0.1) is 11.3 Å². The highest BCUT2D eigenvalue weighted by Crippen LogP contribution is 2.38. The third-order valence-corrected chi connectivity index (χ3v) is 6.57. The predicted octanol–water partition coefficient (Wildman–Crippen LogP) is 6.49. The van der Waals surface area contributed by atoms with Crippen molar-refractivity contribution in [3.63, 3.8) is 0 Å². The summed E-state index contributed by atoms with van der Waals surface area (Å²) in [5.41, 5.74) is 1.69. The Morgan fingerprint density at radius 2 is 1.75 bits per heavy atom. The maximum absolute atomic E-state index is 6.79. The molecule has 1 unspecified atom stereocenters. The van der Waals surface area contributed by atoms with Crippen molar-refractivity contribution in [2.75, 3.05) is 0 Å². The number of nitrogens with one attached hydrogen (secondary N) is 1. The molecular weight excluding hydrogens is 434 g/mol. The van der Waals surface area contributed by atoms with E-state index in [0.29, 0.717) is 11.5 Å². The number of aliphatic imine (C=N–C) groups is 1. The van der Waals surface area contributed by atoms with Gasteiger partial charge in [-0.2, -0.15) is 0 Å². The maximum atomic E-state index is 6.79. The molecule has 1 aliphatic heterocycles. The van der Waals surface area contributed by atoms with Gasteiger partial charge < -0.3 is 10.2 Å². The number of halogens is 2. The maximum Gasteiger partial charge on any atom is 0.144 e. The van der Waals surface area contributed by atoms with Crippen molar-refractivity contribution >= 4 is 34.9 Å². The zero-order valence-corrected chi connectivity index (χ0v) is 20.1. The van der Waals surface area contributed by atoms with E-state index in [1.54, 1.807) is 0 Å². The molecule has 1 atom stereocenters. The zero-order chi connectivity index (χ0) is 19.4. The zero-order valence-electron chi connectivity index (χ0n) is 17.6. The predicted molar refractivity (Wildman–Crippen MR) is 126 cm³/mol. The summed E-state index contributed by atoms with van der Waals surface area (Å²) >= 11 is 6.79. The van der Waals surface area contributed by atoms with Crippen molar-refractivity contribution in [2.45, 2.75) is 78.4 Å². The van der Waals surface area contributed by atoms with Gasteiger partial charge in [0.25, 0.3) is 0 Å². The average Bonchev–Trinajstić information content (AvgIpc) is 2.65. The molecule has 1 heterocycles. The number of benzene rings is 1. The van der Waals surface area contributed by atoms with Crippen molar-refractivity contribution in [3.05, 3.63) is 46.7 Å².